The van der Waals surface area contributed by atoms with Crippen LogP contribution in [0.2, 0.25) is 0 Å². The molecule has 0 aliphatic carbocycles. The van der Waals surface area contributed by atoms with Gasteiger partial charge >= 0.3 is 11.8 Å². The zero-order chi connectivity index (χ0) is 12.8. The van der Waals surface area contributed by atoms with Crippen LogP contribution in [0.3, 0.4) is 0 Å². The summed E-state index contributed by atoms with van der Waals surface area (Å²) in [5, 5.41) is 4.90. The molecule has 1 fully saturated rings. The molecule has 1 heterocycles. The zero-order valence-corrected chi connectivity index (χ0v) is 10.9. The van der Waals surface area contributed by atoms with Crippen molar-refractivity contribution in [2.75, 3.05) is 18.1 Å². The number of amides is 2. The van der Waals surface area contributed by atoms with Gasteiger partial charge in [-0.25, -0.2) is 0 Å². The Morgan fingerprint density at radius 3 is 2.41 bits per heavy atom. The molecule has 1 aliphatic rings. The van der Waals surface area contributed by atoms with Gasteiger partial charge in [0.05, 0.1) is 11.5 Å². The second kappa shape index (κ2) is 6.65. The molecule has 4 N–H and O–H groups in total. The molecule has 0 radical (unpaired) electrons. The largest absolute Gasteiger partial charge is 0.392 e. The zero-order valence-electron chi connectivity index (χ0n) is 9.23. The van der Waals surface area contributed by atoms with Gasteiger partial charge in [0.2, 0.25) is 0 Å². The van der Waals surface area contributed by atoms with E-state index in [0.717, 1.165) is 0 Å². The fourth-order valence-electron chi connectivity index (χ4n) is 1.44. The van der Waals surface area contributed by atoms with Crippen molar-refractivity contribution in [3.05, 3.63) is 0 Å². The monoisotopic (exact) mass is 277 g/mol. The van der Waals surface area contributed by atoms with E-state index in [1.165, 1.54) is 0 Å². The molecular formula is C9H15N3O3S2. The molecule has 0 aromatic carbocycles. The highest BCUT2D eigenvalue weighted by atomic mass is 32.2. The maximum Gasteiger partial charge on any atom is 0.309 e. The van der Waals surface area contributed by atoms with Gasteiger partial charge in [0.25, 0.3) is 0 Å². The first-order chi connectivity index (χ1) is 7.99. The van der Waals surface area contributed by atoms with E-state index in [1.807, 2.05) is 0 Å². The highest BCUT2D eigenvalue weighted by Gasteiger charge is 2.22. The van der Waals surface area contributed by atoms with E-state index >= 15 is 0 Å². The van der Waals surface area contributed by atoms with Gasteiger partial charge in [0.1, 0.15) is 0 Å². The number of nitrogens with two attached hydrogens (primary N) is 1. The van der Waals surface area contributed by atoms with E-state index < -0.39 is 22.6 Å². The third-order valence-electron chi connectivity index (χ3n) is 2.35. The number of rotatable bonds is 3. The maximum absolute atomic E-state index is 11.4. The van der Waals surface area contributed by atoms with Crippen molar-refractivity contribution in [1.82, 2.24) is 10.6 Å². The van der Waals surface area contributed by atoms with E-state index in [0.29, 0.717) is 24.3 Å². The van der Waals surface area contributed by atoms with Gasteiger partial charge in [-0.2, -0.15) is 0 Å². The molecule has 1 rings (SSSR count). The fourth-order valence-corrected chi connectivity index (χ4v) is 2.81. The summed E-state index contributed by atoms with van der Waals surface area (Å²) < 4.78 is 11.1. The first kappa shape index (κ1) is 14.0. The van der Waals surface area contributed by atoms with Crippen LogP contribution >= 0.6 is 12.2 Å². The predicted octanol–water partition coefficient (Wildman–Crippen LogP) is -1.58. The van der Waals surface area contributed by atoms with Crippen molar-refractivity contribution >= 4 is 39.8 Å². The first-order valence-electron chi connectivity index (χ1n) is 5.21. The summed E-state index contributed by atoms with van der Waals surface area (Å²) in [6.45, 7) is 0.0102. The lowest BCUT2D eigenvalue weighted by molar-refractivity contribution is -0.139. The molecule has 6 nitrogen and oxygen atoms in total. The first-order valence-corrected chi connectivity index (χ1v) is 7.10. The number of carbonyl (C=O) groups excluding carboxylic acids is 2. The second-order valence-electron chi connectivity index (χ2n) is 3.74. The van der Waals surface area contributed by atoms with Crippen molar-refractivity contribution < 1.29 is 13.8 Å². The number of carbonyl (C=O) groups is 2. The summed E-state index contributed by atoms with van der Waals surface area (Å²) in [6, 6.07) is -0.0734. The number of thiocarbonyl (C=S) groups is 1. The molecule has 1 saturated heterocycles. The van der Waals surface area contributed by atoms with Crippen molar-refractivity contribution in [1.29, 1.82) is 0 Å². The Bertz CT molecular complexity index is 349. The quantitative estimate of drug-likeness (QED) is 0.427. The molecule has 1 aliphatic heterocycles. The van der Waals surface area contributed by atoms with Crippen LogP contribution in [0, 0.1) is 0 Å². The smallest absolute Gasteiger partial charge is 0.309 e. The van der Waals surface area contributed by atoms with Gasteiger partial charge in [-0.15, -0.1) is 0 Å². The van der Waals surface area contributed by atoms with Crippen LogP contribution in [0.4, 0.5) is 0 Å². The lowest BCUT2D eigenvalue weighted by Gasteiger charge is -2.22. The molecule has 0 aromatic rings. The molecule has 0 bridgehead atoms. The van der Waals surface area contributed by atoms with E-state index in [-0.39, 0.29) is 17.6 Å². The van der Waals surface area contributed by atoms with Gasteiger partial charge in [-0.3, -0.25) is 13.8 Å². The van der Waals surface area contributed by atoms with Crippen LogP contribution in [0.1, 0.15) is 12.8 Å². The van der Waals surface area contributed by atoms with Crippen LogP contribution in [0.15, 0.2) is 0 Å². The Morgan fingerprint density at radius 1 is 1.29 bits per heavy atom. The third kappa shape index (κ3) is 5.22. The predicted molar refractivity (Wildman–Crippen MR) is 68.8 cm³/mol. The van der Waals surface area contributed by atoms with Gasteiger partial charge in [0.15, 0.2) is 0 Å². The minimum absolute atomic E-state index is 0.0102. The minimum atomic E-state index is -0.782. The molecular weight excluding hydrogens is 262 g/mol. The average molecular weight is 277 g/mol. The Kier molecular flexibility index (Phi) is 5.49. The molecule has 8 heteroatoms. The topological polar surface area (TPSA) is 101 Å². The summed E-state index contributed by atoms with van der Waals surface area (Å²) in [5.41, 5.74) is 5.19. The standard InChI is InChI=1S/C9H15N3O3S2/c10-7(16)5-11-8(13)9(14)12-6-1-3-17(15)4-2-6/h6H,1-5H2,(H2,10,16)(H,11,13)(H,12,14). The van der Waals surface area contributed by atoms with Crippen LogP contribution in [0.5, 0.6) is 0 Å². The van der Waals surface area contributed by atoms with E-state index in [9.17, 15) is 13.8 Å². The molecule has 96 valence electrons. The van der Waals surface area contributed by atoms with Crippen LogP contribution in [-0.4, -0.2) is 45.1 Å². The molecule has 2 amide bonds. The number of hydrogen-bond donors (Lipinski definition) is 3. The highest BCUT2D eigenvalue weighted by molar-refractivity contribution is 7.85. The molecule has 0 spiro atoms. The van der Waals surface area contributed by atoms with Crippen LogP contribution in [0.25, 0.3) is 0 Å². The van der Waals surface area contributed by atoms with E-state index in [4.69, 9.17) is 5.73 Å². The Labute approximate surface area is 107 Å². The summed E-state index contributed by atoms with van der Waals surface area (Å²) in [5.74, 6) is -0.303. The summed E-state index contributed by atoms with van der Waals surface area (Å²) in [7, 11) is -0.782. The fraction of sp³-hybridized carbons (Fsp3) is 0.667. The summed E-state index contributed by atoms with van der Waals surface area (Å²) >= 11 is 4.57. The summed E-state index contributed by atoms with van der Waals surface area (Å²) in [4.78, 5) is 22.8. The number of hydrogen-bond acceptors (Lipinski definition) is 4. The lowest BCUT2D eigenvalue weighted by Crippen LogP contribution is -2.47. The Hall–Kier alpha value is -1.02. The number of nitrogens with one attached hydrogen (secondary N) is 2. The van der Waals surface area contributed by atoms with Gasteiger partial charge in [-0.1, -0.05) is 12.2 Å². The SMILES string of the molecule is NC(=S)CNC(=O)C(=O)NC1CCS(=O)CC1. The molecule has 0 saturated carbocycles. The third-order valence-corrected chi connectivity index (χ3v) is 3.88. The van der Waals surface area contributed by atoms with E-state index in [2.05, 4.69) is 22.9 Å². The molecule has 0 aromatic heterocycles. The summed E-state index contributed by atoms with van der Waals surface area (Å²) in [6.07, 6.45) is 1.28. The van der Waals surface area contributed by atoms with Crippen molar-refractivity contribution in [2.24, 2.45) is 5.73 Å². The van der Waals surface area contributed by atoms with Crippen LogP contribution < -0.4 is 16.4 Å². The molecule has 0 unspecified atom stereocenters. The van der Waals surface area contributed by atoms with Gasteiger partial charge in [-0.05, 0) is 12.8 Å². The Morgan fingerprint density at radius 2 is 1.88 bits per heavy atom. The minimum Gasteiger partial charge on any atom is -0.392 e. The van der Waals surface area contributed by atoms with Gasteiger partial charge < -0.3 is 16.4 Å². The van der Waals surface area contributed by atoms with E-state index in [1.54, 1.807) is 0 Å². The second-order valence-corrected chi connectivity index (χ2v) is 5.97. The van der Waals surface area contributed by atoms with Crippen molar-refractivity contribution in [2.45, 2.75) is 18.9 Å². The van der Waals surface area contributed by atoms with Crippen molar-refractivity contribution in [3.63, 3.8) is 0 Å². The van der Waals surface area contributed by atoms with Gasteiger partial charge in [0, 0.05) is 28.3 Å². The molecule has 17 heavy (non-hydrogen) atoms. The Balaban J connectivity index is 2.30. The van der Waals surface area contributed by atoms with Crippen LogP contribution in [-0.2, 0) is 20.4 Å². The lowest BCUT2D eigenvalue weighted by atomic mass is 10.1. The maximum atomic E-state index is 11.4. The average Bonchev–Trinajstić information content (AvgIpc) is 2.28. The van der Waals surface area contributed by atoms with Crippen molar-refractivity contribution in [3.8, 4) is 0 Å². The normalized spacial score (nSPS) is 23.8. The highest BCUT2D eigenvalue weighted by Crippen LogP contribution is 2.08. The molecule has 0 atom stereocenters.